The maximum Gasteiger partial charge on any atom is 0.253 e. The lowest BCUT2D eigenvalue weighted by Gasteiger charge is -2.14. The van der Waals surface area contributed by atoms with Gasteiger partial charge < -0.3 is 5.32 Å². The highest BCUT2D eigenvalue weighted by molar-refractivity contribution is 5.94. The minimum atomic E-state index is -0.0470. The van der Waals surface area contributed by atoms with Crippen molar-refractivity contribution in [2.75, 3.05) is 0 Å². The summed E-state index contributed by atoms with van der Waals surface area (Å²) >= 11 is 0. The van der Waals surface area contributed by atoms with Crippen LogP contribution in [-0.2, 0) is 6.42 Å². The van der Waals surface area contributed by atoms with Crippen molar-refractivity contribution in [3.8, 4) is 0 Å². The van der Waals surface area contributed by atoms with E-state index in [-0.39, 0.29) is 11.9 Å². The summed E-state index contributed by atoms with van der Waals surface area (Å²) in [4.78, 5) is 16.3. The lowest BCUT2D eigenvalue weighted by Crippen LogP contribution is -2.27. The third kappa shape index (κ3) is 2.36. The fraction of sp³-hybridized carbons (Fsp3) is 0.250. The Balaban J connectivity index is 1.76. The molecule has 1 aliphatic carbocycles. The number of nitrogens with one attached hydrogen (secondary N) is 1. The zero-order chi connectivity index (χ0) is 13.2. The van der Waals surface area contributed by atoms with Crippen molar-refractivity contribution in [3.63, 3.8) is 0 Å². The van der Waals surface area contributed by atoms with Crippen molar-refractivity contribution in [3.05, 3.63) is 65.0 Å². The number of carbonyl (C=O) groups excluding carboxylic acids is 1. The lowest BCUT2D eigenvalue weighted by atomic mass is 10.1. The Hall–Kier alpha value is -2.16. The van der Waals surface area contributed by atoms with Crippen LogP contribution in [-0.4, -0.2) is 10.9 Å². The monoisotopic (exact) mass is 252 g/mol. The van der Waals surface area contributed by atoms with Gasteiger partial charge in [0.1, 0.15) is 0 Å². The van der Waals surface area contributed by atoms with Gasteiger partial charge in [0.05, 0.1) is 11.6 Å². The number of aryl methyl sites for hydroxylation is 2. The normalized spacial score (nSPS) is 17.0. The van der Waals surface area contributed by atoms with Crippen LogP contribution in [0.3, 0.4) is 0 Å². The van der Waals surface area contributed by atoms with Crippen LogP contribution in [0.15, 0.2) is 42.6 Å². The van der Waals surface area contributed by atoms with Gasteiger partial charge in [-0.3, -0.25) is 9.78 Å². The van der Waals surface area contributed by atoms with E-state index >= 15 is 0 Å². The Bertz CT molecular complexity index is 604. The van der Waals surface area contributed by atoms with E-state index in [1.807, 2.05) is 31.2 Å². The van der Waals surface area contributed by atoms with E-state index in [9.17, 15) is 4.79 Å². The van der Waals surface area contributed by atoms with Gasteiger partial charge in [-0.25, -0.2) is 0 Å². The van der Waals surface area contributed by atoms with Crippen molar-refractivity contribution >= 4 is 5.91 Å². The van der Waals surface area contributed by atoms with Crippen LogP contribution in [0.1, 0.15) is 39.6 Å². The number of aromatic nitrogens is 1. The van der Waals surface area contributed by atoms with Crippen LogP contribution < -0.4 is 5.32 Å². The van der Waals surface area contributed by atoms with Crippen LogP contribution in [0, 0.1) is 6.92 Å². The first-order valence-corrected chi connectivity index (χ1v) is 6.55. The van der Waals surface area contributed by atoms with E-state index in [1.54, 1.807) is 6.20 Å². The molecule has 1 amide bonds. The number of rotatable bonds is 2. The minimum Gasteiger partial charge on any atom is -0.345 e. The van der Waals surface area contributed by atoms with Gasteiger partial charge in [0.2, 0.25) is 0 Å². The summed E-state index contributed by atoms with van der Waals surface area (Å²) in [6, 6.07) is 12.1. The fourth-order valence-corrected chi connectivity index (χ4v) is 2.55. The molecule has 0 bridgehead atoms. The molecule has 2 aromatic rings. The highest BCUT2D eigenvalue weighted by Gasteiger charge is 2.23. The number of fused-ring (bicyclic) bond motifs is 1. The summed E-state index contributed by atoms with van der Waals surface area (Å²) in [6.45, 7) is 1.91. The molecule has 3 rings (SSSR count). The van der Waals surface area contributed by atoms with Gasteiger partial charge in [0.25, 0.3) is 5.91 Å². The molecule has 0 aliphatic heterocycles. The summed E-state index contributed by atoms with van der Waals surface area (Å²) in [5.41, 5.74) is 4.13. The number of carbonyl (C=O) groups is 1. The Labute approximate surface area is 112 Å². The molecule has 3 nitrogen and oxygen atoms in total. The van der Waals surface area contributed by atoms with Crippen LogP contribution in [0.5, 0.6) is 0 Å². The van der Waals surface area contributed by atoms with Crippen LogP contribution in [0.2, 0.25) is 0 Å². The number of amides is 1. The molecular formula is C16H16N2O. The highest BCUT2D eigenvalue weighted by Crippen LogP contribution is 2.30. The molecule has 3 heteroatoms. The topological polar surface area (TPSA) is 42.0 Å². The van der Waals surface area contributed by atoms with Gasteiger partial charge in [-0.1, -0.05) is 24.3 Å². The zero-order valence-electron chi connectivity index (χ0n) is 10.9. The molecular weight excluding hydrogens is 236 g/mol. The van der Waals surface area contributed by atoms with Crippen molar-refractivity contribution in [1.82, 2.24) is 10.3 Å². The molecule has 0 saturated carbocycles. The van der Waals surface area contributed by atoms with Gasteiger partial charge >= 0.3 is 0 Å². The molecule has 0 saturated heterocycles. The Morgan fingerprint density at radius 2 is 2.11 bits per heavy atom. The smallest absolute Gasteiger partial charge is 0.253 e. The zero-order valence-corrected chi connectivity index (χ0v) is 10.9. The number of hydrogen-bond acceptors (Lipinski definition) is 2. The molecule has 1 aliphatic rings. The second-order valence-corrected chi connectivity index (χ2v) is 4.95. The van der Waals surface area contributed by atoms with Crippen LogP contribution in [0.25, 0.3) is 0 Å². The largest absolute Gasteiger partial charge is 0.345 e. The molecule has 1 aromatic carbocycles. The SMILES string of the molecule is Cc1ccc(C(=O)NC2CCc3ccccc32)cn1. The van der Waals surface area contributed by atoms with Crippen molar-refractivity contribution in [2.45, 2.75) is 25.8 Å². The predicted molar refractivity (Wildman–Crippen MR) is 73.9 cm³/mol. The second kappa shape index (κ2) is 4.84. The van der Waals surface area contributed by atoms with Gasteiger partial charge in [-0.2, -0.15) is 0 Å². The standard InChI is InChI=1S/C16H16N2O/c1-11-6-7-13(10-17-11)16(19)18-15-9-8-12-4-2-3-5-14(12)15/h2-7,10,15H,8-9H2,1H3,(H,18,19). The molecule has 1 aromatic heterocycles. The maximum absolute atomic E-state index is 12.2. The summed E-state index contributed by atoms with van der Waals surface area (Å²) < 4.78 is 0. The molecule has 1 N–H and O–H groups in total. The third-order valence-electron chi connectivity index (χ3n) is 3.61. The average Bonchev–Trinajstić information content (AvgIpc) is 2.83. The predicted octanol–water partition coefficient (Wildman–Crippen LogP) is 2.81. The molecule has 1 atom stereocenters. The van der Waals surface area contributed by atoms with E-state index in [2.05, 4.69) is 22.4 Å². The van der Waals surface area contributed by atoms with Gasteiger partial charge in [0.15, 0.2) is 0 Å². The van der Waals surface area contributed by atoms with E-state index in [0.717, 1.165) is 18.5 Å². The van der Waals surface area contributed by atoms with Crippen LogP contribution in [0.4, 0.5) is 0 Å². The molecule has 19 heavy (non-hydrogen) atoms. The van der Waals surface area contributed by atoms with Crippen molar-refractivity contribution in [2.24, 2.45) is 0 Å². The molecule has 1 unspecified atom stereocenters. The van der Waals surface area contributed by atoms with Gasteiger partial charge in [-0.15, -0.1) is 0 Å². The molecule has 0 radical (unpaired) electrons. The van der Waals surface area contributed by atoms with Gasteiger partial charge in [0, 0.05) is 11.9 Å². The number of hydrogen-bond donors (Lipinski definition) is 1. The Morgan fingerprint density at radius 1 is 1.26 bits per heavy atom. The first-order chi connectivity index (χ1) is 9.24. The van der Waals surface area contributed by atoms with Crippen LogP contribution >= 0.6 is 0 Å². The van der Waals surface area contributed by atoms with E-state index in [0.29, 0.717) is 5.56 Å². The van der Waals surface area contributed by atoms with Crippen molar-refractivity contribution in [1.29, 1.82) is 0 Å². The third-order valence-corrected chi connectivity index (χ3v) is 3.61. The lowest BCUT2D eigenvalue weighted by molar-refractivity contribution is 0.0936. The number of benzene rings is 1. The molecule has 0 fully saturated rings. The summed E-state index contributed by atoms with van der Waals surface area (Å²) in [7, 11) is 0. The number of nitrogens with zero attached hydrogens (tertiary/aromatic N) is 1. The number of pyridine rings is 1. The van der Waals surface area contributed by atoms with E-state index in [1.165, 1.54) is 11.1 Å². The molecule has 0 spiro atoms. The minimum absolute atomic E-state index is 0.0470. The first kappa shape index (κ1) is 11.9. The summed E-state index contributed by atoms with van der Waals surface area (Å²) in [5, 5.41) is 3.09. The Morgan fingerprint density at radius 3 is 2.89 bits per heavy atom. The summed E-state index contributed by atoms with van der Waals surface area (Å²) in [6.07, 6.45) is 3.64. The quantitative estimate of drug-likeness (QED) is 0.893. The fourth-order valence-electron chi connectivity index (χ4n) is 2.55. The second-order valence-electron chi connectivity index (χ2n) is 4.95. The first-order valence-electron chi connectivity index (χ1n) is 6.55. The average molecular weight is 252 g/mol. The van der Waals surface area contributed by atoms with Gasteiger partial charge in [-0.05, 0) is 43.0 Å². The summed E-state index contributed by atoms with van der Waals surface area (Å²) in [5.74, 6) is -0.0470. The van der Waals surface area contributed by atoms with Crippen molar-refractivity contribution < 1.29 is 4.79 Å². The Kier molecular flexibility index (Phi) is 3.03. The van der Waals surface area contributed by atoms with E-state index < -0.39 is 0 Å². The highest BCUT2D eigenvalue weighted by atomic mass is 16.1. The molecule has 96 valence electrons. The maximum atomic E-state index is 12.2. The molecule has 1 heterocycles. The van der Waals surface area contributed by atoms with E-state index in [4.69, 9.17) is 0 Å².